The number of carbonyl (C=O) groups is 1. The van der Waals surface area contributed by atoms with Crippen LogP contribution in [0.25, 0.3) is 22.0 Å². The van der Waals surface area contributed by atoms with Crippen LogP contribution in [0.15, 0.2) is 48.7 Å². The molecule has 0 atom stereocenters. The molecule has 2 aliphatic rings. The summed E-state index contributed by atoms with van der Waals surface area (Å²) in [5.41, 5.74) is 2.95. The van der Waals surface area contributed by atoms with Crippen LogP contribution in [-0.2, 0) is 11.3 Å². The second-order valence-electron chi connectivity index (χ2n) is 11.6. The van der Waals surface area contributed by atoms with Crippen LogP contribution in [-0.4, -0.2) is 52.7 Å². The minimum absolute atomic E-state index is 0.200. The molecule has 0 bridgehead atoms. The molecular formula is C30H35ClFN3O2. The standard InChI is InChI=1S/C30H35ClFN3O2/c1-29(2,3)37-28(36)35-16-11-30(12-17-35)9-14-34(15-10-30)20-21-4-6-23(26(32)18-21)22-5-7-24-25(31)8-13-33-27(24)19-22/h4-8,13,18-19H,9-12,14-17,20H2,1-3H3. The number of amides is 1. The molecule has 196 valence electrons. The van der Waals surface area contributed by atoms with E-state index in [1.54, 1.807) is 18.3 Å². The Kier molecular flexibility index (Phi) is 7.16. The number of aromatic nitrogens is 1. The first-order valence-corrected chi connectivity index (χ1v) is 13.5. The van der Waals surface area contributed by atoms with E-state index in [9.17, 15) is 4.79 Å². The van der Waals surface area contributed by atoms with Crippen molar-refractivity contribution in [2.75, 3.05) is 26.2 Å². The van der Waals surface area contributed by atoms with Crippen molar-refractivity contribution in [1.82, 2.24) is 14.8 Å². The van der Waals surface area contributed by atoms with Gasteiger partial charge in [0.1, 0.15) is 11.4 Å². The van der Waals surface area contributed by atoms with Gasteiger partial charge in [0, 0.05) is 36.8 Å². The summed E-state index contributed by atoms with van der Waals surface area (Å²) in [4.78, 5) is 21.1. The lowest BCUT2D eigenvalue weighted by atomic mass is 9.71. The number of rotatable bonds is 3. The number of ether oxygens (including phenoxy) is 1. The Hall–Kier alpha value is -2.70. The Balaban J connectivity index is 1.17. The lowest BCUT2D eigenvalue weighted by Gasteiger charge is -2.46. The van der Waals surface area contributed by atoms with Crippen LogP contribution in [0.3, 0.4) is 0 Å². The van der Waals surface area contributed by atoms with Gasteiger partial charge in [0.2, 0.25) is 0 Å². The van der Waals surface area contributed by atoms with Gasteiger partial charge in [-0.2, -0.15) is 0 Å². The molecule has 5 rings (SSSR count). The lowest BCUT2D eigenvalue weighted by molar-refractivity contribution is -0.00313. The summed E-state index contributed by atoms with van der Waals surface area (Å²) < 4.78 is 20.7. The molecule has 1 amide bonds. The Morgan fingerprint density at radius 2 is 1.73 bits per heavy atom. The summed E-state index contributed by atoms with van der Waals surface area (Å²) in [6.45, 7) is 9.97. The Bertz CT molecular complexity index is 1290. The van der Waals surface area contributed by atoms with Crippen LogP contribution in [0.1, 0.15) is 52.0 Å². The molecule has 7 heteroatoms. The fraction of sp³-hybridized carbons (Fsp3) is 0.467. The first-order chi connectivity index (χ1) is 17.6. The smallest absolute Gasteiger partial charge is 0.410 e. The van der Waals surface area contributed by atoms with E-state index < -0.39 is 5.60 Å². The monoisotopic (exact) mass is 523 g/mol. The van der Waals surface area contributed by atoms with Crippen molar-refractivity contribution >= 4 is 28.6 Å². The highest BCUT2D eigenvalue weighted by atomic mass is 35.5. The molecule has 1 spiro atoms. The largest absolute Gasteiger partial charge is 0.444 e. The zero-order valence-corrected chi connectivity index (χ0v) is 22.7. The number of fused-ring (bicyclic) bond motifs is 1. The van der Waals surface area contributed by atoms with Gasteiger partial charge in [-0.1, -0.05) is 35.9 Å². The van der Waals surface area contributed by atoms with Crippen molar-refractivity contribution < 1.29 is 13.9 Å². The minimum atomic E-state index is -0.462. The Labute approximate surface area is 223 Å². The maximum atomic E-state index is 15.2. The highest BCUT2D eigenvalue weighted by Crippen LogP contribution is 2.42. The van der Waals surface area contributed by atoms with Crippen molar-refractivity contribution in [3.05, 3.63) is 65.1 Å². The summed E-state index contributed by atoms with van der Waals surface area (Å²) in [5.74, 6) is -0.220. The SMILES string of the molecule is CC(C)(C)OC(=O)N1CCC2(CCN(Cc3ccc(-c4ccc5c(Cl)ccnc5c4)c(F)c3)CC2)CC1. The van der Waals surface area contributed by atoms with E-state index in [0.717, 1.165) is 80.4 Å². The molecule has 1 aromatic heterocycles. The van der Waals surface area contributed by atoms with Crippen molar-refractivity contribution in [1.29, 1.82) is 0 Å². The summed E-state index contributed by atoms with van der Waals surface area (Å²) in [5, 5.41) is 1.51. The molecular weight excluding hydrogens is 489 g/mol. The zero-order valence-electron chi connectivity index (χ0n) is 21.9. The number of likely N-dealkylation sites (tertiary alicyclic amines) is 2. The normalized spacial score (nSPS) is 18.4. The van der Waals surface area contributed by atoms with Gasteiger partial charge in [0.15, 0.2) is 0 Å². The number of piperidine rings is 2. The summed E-state index contributed by atoms with van der Waals surface area (Å²) in [6.07, 6.45) is 5.74. The van der Waals surface area contributed by atoms with Crippen LogP contribution < -0.4 is 0 Å². The highest BCUT2D eigenvalue weighted by molar-refractivity contribution is 6.35. The number of hydrogen-bond acceptors (Lipinski definition) is 4. The van der Waals surface area contributed by atoms with Gasteiger partial charge in [0.25, 0.3) is 0 Å². The second-order valence-corrected chi connectivity index (χ2v) is 12.0. The maximum absolute atomic E-state index is 15.2. The van der Waals surface area contributed by atoms with E-state index in [2.05, 4.69) is 9.88 Å². The van der Waals surface area contributed by atoms with Gasteiger partial charge >= 0.3 is 6.09 Å². The molecule has 3 heterocycles. The second kappa shape index (κ2) is 10.2. The molecule has 2 aliphatic heterocycles. The maximum Gasteiger partial charge on any atom is 0.410 e. The molecule has 0 radical (unpaired) electrons. The van der Waals surface area contributed by atoms with Crippen LogP contribution >= 0.6 is 11.6 Å². The van der Waals surface area contributed by atoms with Crippen LogP contribution in [0.4, 0.5) is 9.18 Å². The molecule has 0 aliphatic carbocycles. The van der Waals surface area contributed by atoms with Gasteiger partial charge < -0.3 is 9.64 Å². The average molecular weight is 524 g/mol. The van der Waals surface area contributed by atoms with Crippen molar-refractivity contribution in [3.8, 4) is 11.1 Å². The molecule has 0 N–H and O–H groups in total. The van der Waals surface area contributed by atoms with E-state index in [1.165, 1.54) is 0 Å². The van der Waals surface area contributed by atoms with Gasteiger partial charge in [-0.05, 0) is 94.3 Å². The van der Waals surface area contributed by atoms with Gasteiger partial charge in [-0.15, -0.1) is 0 Å². The van der Waals surface area contributed by atoms with Crippen LogP contribution in [0.5, 0.6) is 0 Å². The van der Waals surface area contributed by atoms with E-state index in [1.807, 2.05) is 56.0 Å². The van der Waals surface area contributed by atoms with Gasteiger partial charge in [0.05, 0.1) is 10.5 Å². The van der Waals surface area contributed by atoms with Crippen LogP contribution in [0.2, 0.25) is 5.02 Å². The number of benzene rings is 2. The fourth-order valence-corrected chi connectivity index (χ4v) is 5.82. The van der Waals surface area contributed by atoms with Crippen molar-refractivity contribution in [2.45, 2.75) is 58.6 Å². The predicted octanol–water partition coefficient (Wildman–Crippen LogP) is 7.31. The third kappa shape index (κ3) is 5.91. The third-order valence-corrected chi connectivity index (χ3v) is 8.16. The molecule has 5 nitrogen and oxygen atoms in total. The molecule has 2 saturated heterocycles. The molecule has 37 heavy (non-hydrogen) atoms. The number of halogens is 2. The lowest BCUT2D eigenvalue weighted by Crippen LogP contribution is -2.49. The van der Waals surface area contributed by atoms with Crippen LogP contribution in [0, 0.1) is 11.2 Å². The highest BCUT2D eigenvalue weighted by Gasteiger charge is 2.39. The fourth-order valence-electron chi connectivity index (χ4n) is 5.61. The van der Waals surface area contributed by atoms with Gasteiger partial charge in [-0.25, -0.2) is 9.18 Å². The van der Waals surface area contributed by atoms with Gasteiger partial charge in [-0.3, -0.25) is 9.88 Å². The number of nitrogens with zero attached hydrogens (tertiary/aromatic N) is 3. The van der Waals surface area contributed by atoms with Crippen molar-refractivity contribution in [2.24, 2.45) is 5.41 Å². The quantitative estimate of drug-likeness (QED) is 0.361. The molecule has 0 unspecified atom stereocenters. The average Bonchev–Trinajstić information content (AvgIpc) is 2.85. The topological polar surface area (TPSA) is 45.7 Å². The van der Waals surface area contributed by atoms with E-state index in [0.29, 0.717) is 16.0 Å². The van der Waals surface area contributed by atoms with E-state index >= 15 is 4.39 Å². The Morgan fingerprint density at radius 1 is 1.03 bits per heavy atom. The molecule has 2 aromatic carbocycles. The minimum Gasteiger partial charge on any atom is -0.444 e. The number of carbonyl (C=O) groups excluding carboxylic acids is 1. The predicted molar refractivity (Wildman–Crippen MR) is 146 cm³/mol. The summed E-state index contributed by atoms with van der Waals surface area (Å²) in [6, 6.07) is 13.0. The molecule has 0 saturated carbocycles. The zero-order chi connectivity index (χ0) is 26.2. The third-order valence-electron chi connectivity index (χ3n) is 7.83. The summed E-state index contributed by atoms with van der Waals surface area (Å²) >= 11 is 6.25. The first kappa shape index (κ1) is 25.9. The van der Waals surface area contributed by atoms with E-state index in [-0.39, 0.29) is 11.9 Å². The molecule has 3 aromatic rings. The Morgan fingerprint density at radius 3 is 2.41 bits per heavy atom. The first-order valence-electron chi connectivity index (χ1n) is 13.1. The number of hydrogen-bond donors (Lipinski definition) is 0. The summed E-state index contributed by atoms with van der Waals surface area (Å²) in [7, 11) is 0. The number of pyridine rings is 1. The van der Waals surface area contributed by atoms with E-state index in [4.69, 9.17) is 16.3 Å². The van der Waals surface area contributed by atoms with Crippen molar-refractivity contribution in [3.63, 3.8) is 0 Å². The molecule has 2 fully saturated rings.